The summed E-state index contributed by atoms with van der Waals surface area (Å²) in [5, 5.41) is 3.42. The Labute approximate surface area is 205 Å². The Morgan fingerprint density at radius 3 is 1.47 bits per heavy atom. The average molecular weight is 478 g/mol. The molecule has 0 bridgehead atoms. The molecule has 0 amide bonds. The Morgan fingerprint density at radius 2 is 1.03 bits per heavy atom. The van der Waals surface area contributed by atoms with Gasteiger partial charge < -0.3 is 14.2 Å². The standard InChI is InChI=1S/C27H31N3O3S/c28-30-29-16-17-31-18-19-32-20-21-33-22-23-34-27(24-10-4-1-5-11-24,25-12-6-2-7-13-25)26-14-8-3-9-15-26/h1-15H,16-23H2. The number of thioether (sulfide) groups is 1. The molecule has 3 aromatic rings. The molecule has 0 unspecified atom stereocenters. The molecular weight excluding hydrogens is 446 g/mol. The summed E-state index contributed by atoms with van der Waals surface area (Å²) >= 11 is 1.89. The first-order valence-electron chi connectivity index (χ1n) is 11.4. The Kier molecular flexibility index (Phi) is 11.5. The van der Waals surface area contributed by atoms with E-state index >= 15 is 0 Å². The molecule has 0 heterocycles. The summed E-state index contributed by atoms with van der Waals surface area (Å²) < 4.78 is 16.4. The van der Waals surface area contributed by atoms with Gasteiger partial charge in [-0.05, 0) is 22.2 Å². The lowest BCUT2D eigenvalue weighted by atomic mass is 9.84. The van der Waals surface area contributed by atoms with Crippen LogP contribution in [0.4, 0.5) is 0 Å². The van der Waals surface area contributed by atoms with Gasteiger partial charge in [0.1, 0.15) is 0 Å². The molecule has 6 nitrogen and oxygen atoms in total. The highest BCUT2D eigenvalue weighted by Crippen LogP contribution is 2.48. The van der Waals surface area contributed by atoms with Crippen LogP contribution in [0, 0.1) is 0 Å². The molecule has 0 radical (unpaired) electrons. The van der Waals surface area contributed by atoms with Gasteiger partial charge in [-0.2, -0.15) is 0 Å². The summed E-state index contributed by atoms with van der Waals surface area (Å²) in [4.78, 5) is 2.68. The summed E-state index contributed by atoms with van der Waals surface area (Å²) in [7, 11) is 0. The number of rotatable bonds is 16. The Morgan fingerprint density at radius 1 is 0.618 bits per heavy atom. The van der Waals surface area contributed by atoms with Crippen LogP contribution in [0.3, 0.4) is 0 Å². The summed E-state index contributed by atoms with van der Waals surface area (Å²) in [6.07, 6.45) is 0. The van der Waals surface area contributed by atoms with Crippen LogP contribution < -0.4 is 0 Å². The lowest BCUT2D eigenvalue weighted by Gasteiger charge is -2.35. The molecule has 0 aromatic heterocycles. The molecular formula is C27H31N3O3S. The predicted molar refractivity (Wildman–Crippen MR) is 138 cm³/mol. The van der Waals surface area contributed by atoms with E-state index in [1.165, 1.54) is 16.7 Å². The van der Waals surface area contributed by atoms with Gasteiger partial charge in [0.05, 0.1) is 44.4 Å². The van der Waals surface area contributed by atoms with E-state index in [4.69, 9.17) is 19.7 Å². The van der Waals surface area contributed by atoms with Crippen molar-refractivity contribution in [2.45, 2.75) is 4.75 Å². The van der Waals surface area contributed by atoms with Crippen LogP contribution >= 0.6 is 11.8 Å². The van der Waals surface area contributed by atoms with Gasteiger partial charge in [-0.15, -0.1) is 11.8 Å². The van der Waals surface area contributed by atoms with Crippen LogP contribution in [0.15, 0.2) is 96.1 Å². The number of ether oxygens (including phenoxy) is 3. The van der Waals surface area contributed by atoms with E-state index in [-0.39, 0.29) is 4.75 Å². The fourth-order valence-corrected chi connectivity index (χ4v) is 5.13. The van der Waals surface area contributed by atoms with Crippen molar-refractivity contribution in [2.24, 2.45) is 5.11 Å². The van der Waals surface area contributed by atoms with Crippen molar-refractivity contribution in [1.29, 1.82) is 0 Å². The molecule has 0 N–H and O–H groups in total. The highest BCUT2D eigenvalue weighted by atomic mass is 32.2. The Balaban J connectivity index is 1.55. The summed E-state index contributed by atoms with van der Waals surface area (Å²) in [5.74, 6) is 0.835. The first-order valence-corrected chi connectivity index (χ1v) is 12.4. The van der Waals surface area contributed by atoms with Crippen LogP contribution in [-0.2, 0) is 19.0 Å². The highest BCUT2D eigenvalue weighted by Gasteiger charge is 2.36. The zero-order chi connectivity index (χ0) is 23.7. The van der Waals surface area contributed by atoms with Crippen molar-refractivity contribution in [3.8, 4) is 0 Å². The van der Waals surface area contributed by atoms with Gasteiger partial charge in [0.15, 0.2) is 0 Å². The third kappa shape index (κ3) is 7.62. The van der Waals surface area contributed by atoms with E-state index in [2.05, 4.69) is 101 Å². The number of hydrogen-bond acceptors (Lipinski definition) is 5. The molecule has 0 atom stereocenters. The number of hydrogen-bond donors (Lipinski definition) is 0. The quantitative estimate of drug-likeness (QED) is 0.0824. The third-order valence-electron chi connectivity index (χ3n) is 5.23. The largest absolute Gasteiger partial charge is 0.379 e. The molecule has 0 aliphatic heterocycles. The Hall–Kier alpha value is -2.80. The van der Waals surface area contributed by atoms with Gasteiger partial charge in [-0.25, -0.2) is 0 Å². The minimum absolute atomic E-state index is 0.323. The van der Waals surface area contributed by atoms with Crippen LogP contribution in [0.25, 0.3) is 10.4 Å². The average Bonchev–Trinajstić information content (AvgIpc) is 2.91. The SMILES string of the molecule is [N-]=[N+]=NCCOCCOCCOCCSC(c1ccccc1)(c1ccccc1)c1ccccc1. The van der Waals surface area contributed by atoms with Gasteiger partial charge in [0, 0.05) is 17.2 Å². The minimum atomic E-state index is -0.323. The lowest BCUT2D eigenvalue weighted by molar-refractivity contribution is 0.0190. The van der Waals surface area contributed by atoms with E-state index < -0.39 is 0 Å². The number of benzene rings is 3. The molecule has 0 fully saturated rings. The van der Waals surface area contributed by atoms with Crippen LogP contribution in [-0.4, -0.2) is 51.9 Å². The number of nitrogens with zero attached hydrogens (tertiary/aromatic N) is 3. The number of azide groups is 1. The van der Waals surface area contributed by atoms with E-state index in [9.17, 15) is 0 Å². The van der Waals surface area contributed by atoms with Crippen molar-refractivity contribution in [2.75, 3.05) is 51.9 Å². The van der Waals surface area contributed by atoms with Crippen LogP contribution in [0.2, 0.25) is 0 Å². The Bertz CT molecular complexity index is 887. The van der Waals surface area contributed by atoms with Crippen molar-refractivity contribution in [3.63, 3.8) is 0 Å². The monoisotopic (exact) mass is 477 g/mol. The van der Waals surface area contributed by atoms with E-state index in [1.807, 2.05) is 11.8 Å². The van der Waals surface area contributed by atoms with Crippen LogP contribution in [0.5, 0.6) is 0 Å². The maximum absolute atomic E-state index is 8.21. The van der Waals surface area contributed by atoms with E-state index in [0.717, 1.165) is 5.75 Å². The zero-order valence-electron chi connectivity index (χ0n) is 19.3. The highest BCUT2D eigenvalue weighted by molar-refractivity contribution is 8.00. The fraction of sp³-hybridized carbons (Fsp3) is 0.333. The fourth-order valence-electron chi connectivity index (χ4n) is 3.71. The molecule has 0 aliphatic rings. The van der Waals surface area contributed by atoms with Gasteiger partial charge in [0.25, 0.3) is 0 Å². The maximum atomic E-state index is 8.21. The predicted octanol–water partition coefficient (Wildman–Crippen LogP) is 6.07. The summed E-state index contributed by atoms with van der Waals surface area (Å²) in [6, 6.07) is 32.0. The van der Waals surface area contributed by atoms with Crippen molar-refractivity contribution >= 4 is 11.8 Å². The van der Waals surface area contributed by atoms with Crippen molar-refractivity contribution in [1.82, 2.24) is 0 Å². The van der Waals surface area contributed by atoms with Gasteiger partial charge in [-0.3, -0.25) is 0 Å². The van der Waals surface area contributed by atoms with Crippen molar-refractivity contribution in [3.05, 3.63) is 118 Å². The second-order valence-electron chi connectivity index (χ2n) is 7.42. The van der Waals surface area contributed by atoms with E-state index in [0.29, 0.717) is 46.2 Å². The zero-order valence-corrected chi connectivity index (χ0v) is 20.1. The van der Waals surface area contributed by atoms with Gasteiger partial charge >= 0.3 is 0 Å². The van der Waals surface area contributed by atoms with Crippen LogP contribution in [0.1, 0.15) is 16.7 Å². The molecule has 0 spiro atoms. The molecule has 3 aromatic carbocycles. The smallest absolute Gasteiger partial charge is 0.0907 e. The molecule has 0 saturated heterocycles. The molecule has 3 rings (SSSR count). The lowest BCUT2D eigenvalue weighted by Crippen LogP contribution is -2.26. The summed E-state index contributed by atoms with van der Waals surface area (Å²) in [6.45, 7) is 3.41. The summed E-state index contributed by atoms with van der Waals surface area (Å²) in [5.41, 5.74) is 12.0. The third-order valence-corrected chi connectivity index (χ3v) is 6.74. The first kappa shape index (κ1) is 25.8. The minimum Gasteiger partial charge on any atom is -0.379 e. The second kappa shape index (κ2) is 15.2. The maximum Gasteiger partial charge on any atom is 0.0907 e. The molecule has 0 saturated carbocycles. The molecule has 34 heavy (non-hydrogen) atoms. The molecule has 178 valence electrons. The first-order chi connectivity index (χ1) is 16.9. The normalized spacial score (nSPS) is 11.2. The van der Waals surface area contributed by atoms with Crippen molar-refractivity contribution < 1.29 is 14.2 Å². The topological polar surface area (TPSA) is 76.5 Å². The van der Waals surface area contributed by atoms with Gasteiger partial charge in [0.2, 0.25) is 0 Å². The molecule has 7 heteroatoms. The van der Waals surface area contributed by atoms with Gasteiger partial charge in [-0.1, -0.05) is 96.1 Å². The molecule has 0 aliphatic carbocycles. The second-order valence-corrected chi connectivity index (χ2v) is 8.73. The van der Waals surface area contributed by atoms with E-state index in [1.54, 1.807) is 0 Å².